The Hall–Kier alpha value is -5.59. The SMILES string of the molecule is CC[C@H](C)[C@H](NC(=O)Cc1ccccc1)C(=O)NCC(=O)N1c2cc(NCc3ccccc3)ccc2C[C@H]1C(=O)NCc1nn[nH]n1. The van der Waals surface area contributed by atoms with Crippen LogP contribution in [0.3, 0.4) is 0 Å². The molecule has 13 nitrogen and oxygen atoms in total. The van der Waals surface area contributed by atoms with Crippen LogP contribution in [0.4, 0.5) is 11.4 Å². The molecule has 2 heterocycles. The third-order valence-electron chi connectivity index (χ3n) is 8.22. The lowest BCUT2D eigenvalue weighted by molar-refractivity contribution is -0.131. The molecule has 1 aromatic heterocycles. The van der Waals surface area contributed by atoms with Crippen molar-refractivity contribution >= 4 is 35.0 Å². The Morgan fingerprint density at radius 1 is 0.936 bits per heavy atom. The largest absolute Gasteiger partial charge is 0.381 e. The van der Waals surface area contributed by atoms with Gasteiger partial charge in [-0.05, 0) is 34.7 Å². The first-order valence-electron chi connectivity index (χ1n) is 15.7. The number of H-pyrrole nitrogens is 1. The molecule has 4 aromatic rings. The van der Waals surface area contributed by atoms with Gasteiger partial charge in [0.05, 0.1) is 19.5 Å². The van der Waals surface area contributed by atoms with E-state index in [1.165, 1.54) is 4.90 Å². The molecule has 0 aliphatic carbocycles. The van der Waals surface area contributed by atoms with Crippen LogP contribution in [-0.4, -0.2) is 62.9 Å². The van der Waals surface area contributed by atoms with E-state index < -0.39 is 29.8 Å². The third kappa shape index (κ3) is 8.57. The summed E-state index contributed by atoms with van der Waals surface area (Å²) in [5.74, 6) is -1.49. The van der Waals surface area contributed by atoms with Crippen LogP contribution in [0.5, 0.6) is 0 Å². The van der Waals surface area contributed by atoms with Crippen molar-refractivity contribution in [3.63, 3.8) is 0 Å². The number of fused-ring (bicyclic) bond motifs is 1. The van der Waals surface area contributed by atoms with Gasteiger partial charge in [0.25, 0.3) is 0 Å². The maximum Gasteiger partial charge on any atom is 0.247 e. The molecule has 5 N–H and O–H groups in total. The fourth-order valence-corrected chi connectivity index (χ4v) is 5.46. The van der Waals surface area contributed by atoms with Gasteiger partial charge >= 0.3 is 0 Å². The molecule has 0 spiro atoms. The minimum atomic E-state index is -0.860. The van der Waals surface area contributed by atoms with Gasteiger partial charge < -0.3 is 21.3 Å². The lowest BCUT2D eigenvalue weighted by Gasteiger charge is -2.27. The highest BCUT2D eigenvalue weighted by atomic mass is 16.2. The zero-order valence-corrected chi connectivity index (χ0v) is 26.4. The molecule has 0 saturated heterocycles. The molecule has 244 valence electrons. The number of carbonyl (C=O) groups excluding carboxylic acids is 4. The highest BCUT2D eigenvalue weighted by molar-refractivity contribution is 6.05. The lowest BCUT2D eigenvalue weighted by Crippen LogP contribution is -2.54. The highest BCUT2D eigenvalue weighted by Crippen LogP contribution is 2.35. The number of nitrogens with one attached hydrogen (secondary N) is 5. The summed E-state index contributed by atoms with van der Waals surface area (Å²) in [5, 5.41) is 25.3. The monoisotopic (exact) mass is 637 g/mol. The molecule has 0 saturated carbocycles. The summed E-state index contributed by atoms with van der Waals surface area (Å²) in [6.45, 7) is 4.05. The Bertz CT molecular complexity index is 1670. The molecule has 0 fully saturated rings. The van der Waals surface area contributed by atoms with Crippen molar-refractivity contribution < 1.29 is 19.2 Å². The predicted molar refractivity (Wildman–Crippen MR) is 176 cm³/mol. The number of tetrazole rings is 1. The Balaban J connectivity index is 1.30. The van der Waals surface area contributed by atoms with Crippen molar-refractivity contribution in [3.8, 4) is 0 Å². The zero-order chi connectivity index (χ0) is 33.2. The van der Waals surface area contributed by atoms with E-state index in [1.54, 1.807) is 0 Å². The molecule has 1 aliphatic rings. The van der Waals surface area contributed by atoms with Gasteiger partial charge in [-0.15, -0.1) is 10.2 Å². The van der Waals surface area contributed by atoms with E-state index in [9.17, 15) is 19.2 Å². The van der Waals surface area contributed by atoms with Gasteiger partial charge in [-0.2, -0.15) is 5.21 Å². The van der Waals surface area contributed by atoms with Crippen molar-refractivity contribution in [1.82, 2.24) is 36.6 Å². The minimum Gasteiger partial charge on any atom is -0.381 e. The summed E-state index contributed by atoms with van der Waals surface area (Å²) in [7, 11) is 0. The van der Waals surface area contributed by atoms with Crippen LogP contribution in [0.15, 0.2) is 78.9 Å². The van der Waals surface area contributed by atoms with Crippen molar-refractivity contribution in [2.45, 2.75) is 58.3 Å². The number of hydrogen-bond acceptors (Lipinski definition) is 8. The van der Waals surface area contributed by atoms with E-state index in [2.05, 4.69) is 41.9 Å². The van der Waals surface area contributed by atoms with Crippen molar-refractivity contribution in [2.75, 3.05) is 16.8 Å². The van der Waals surface area contributed by atoms with Gasteiger partial charge in [0.2, 0.25) is 23.6 Å². The number of rotatable bonds is 14. The van der Waals surface area contributed by atoms with E-state index in [0.29, 0.717) is 24.5 Å². The average Bonchev–Trinajstić information content (AvgIpc) is 3.76. The topological polar surface area (TPSA) is 174 Å². The number of carbonyl (C=O) groups is 4. The average molecular weight is 638 g/mol. The second-order valence-electron chi connectivity index (χ2n) is 11.5. The van der Waals surface area contributed by atoms with E-state index in [4.69, 9.17) is 0 Å². The highest BCUT2D eigenvalue weighted by Gasteiger charge is 2.39. The van der Waals surface area contributed by atoms with Crippen LogP contribution in [-0.2, 0) is 45.1 Å². The standard InChI is InChI=1S/C34H39N9O4/c1-3-22(2)32(38-30(44)16-23-10-6-4-7-11-23)34(47)37-21-31(45)43-27-18-26(35-19-24-12-8-5-9-13-24)15-14-25(27)17-28(43)33(46)36-20-29-39-41-42-40-29/h4-15,18,22,28,32,35H,3,16-17,19-21H2,1-2H3,(H,36,46)(H,37,47)(H,38,44)(H,39,40,41,42)/t22-,28-,32-/m0/s1. The van der Waals surface area contributed by atoms with Crippen LogP contribution < -0.4 is 26.2 Å². The molecule has 0 unspecified atom stereocenters. The summed E-state index contributed by atoms with van der Waals surface area (Å²) in [5.41, 5.74) is 4.10. The van der Waals surface area contributed by atoms with Crippen molar-refractivity contribution in [2.24, 2.45) is 5.92 Å². The van der Waals surface area contributed by atoms with Gasteiger partial charge in [0, 0.05) is 24.3 Å². The third-order valence-corrected chi connectivity index (χ3v) is 8.22. The van der Waals surface area contributed by atoms with Gasteiger partial charge in [0.1, 0.15) is 12.1 Å². The summed E-state index contributed by atoms with van der Waals surface area (Å²) >= 11 is 0. The van der Waals surface area contributed by atoms with E-state index in [0.717, 1.165) is 22.4 Å². The Morgan fingerprint density at radius 3 is 2.34 bits per heavy atom. The molecule has 47 heavy (non-hydrogen) atoms. The summed E-state index contributed by atoms with van der Waals surface area (Å²) in [6, 6.07) is 23.1. The van der Waals surface area contributed by atoms with Crippen molar-refractivity contribution in [1.29, 1.82) is 0 Å². The normalized spacial score (nSPS) is 14.9. The number of amides is 4. The summed E-state index contributed by atoms with van der Waals surface area (Å²) < 4.78 is 0. The second-order valence-corrected chi connectivity index (χ2v) is 11.5. The number of hydrogen-bond donors (Lipinski definition) is 5. The van der Waals surface area contributed by atoms with E-state index >= 15 is 0 Å². The lowest BCUT2D eigenvalue weighted by atomic mass is 9.98. The van der Waals surface area contributed by atoms with E-state index in [1.807, 2.05) is 92.7 Å². The maximum absolute atomic E-state index is 13.9. The van der Waals surface area contributed by atoms with Crippen LogP contribution in [0.2, 0.25) is 0 Å². The molecule has 0 bridgehead atoms. The zero-order valence-electron chi connectivity index (χ0n) is 26.4. The number of aromatic nitrogens is 4. The van der Waals surface area contributed by atoms with Crippen LogP contribution in [0, 0.1) is 5.92 Å². The maximum atomic E-state index is 13.9. The van der Waals surface area contributed by atoms with Crippen LogP contribution >= 0.6 is 0 Å². The first-order valence-corrected chi connectivity index (χ1v) is 15.7. The predicted octanol–water partition coefficient (Wildman–Crippen LogP) is 2.28. The molecular weight excluding hydrogens is 598 g/mol. The first kappa shape index (κ1) is 32.8. The minimum absolute atomic E-state index is 0.0318. The Morgan fingerprint density at radius 2 is 1.66 bits per heavy atom. The number of nitrogens with zero attached hydrogens (tertiary/aromatic N) is 4. The summed E-state index contributed by atoms with van der Waals surface area (Å²) in [6.07, 6.45) is 1.06. The number of benzene rings is 3. The fourth-order valence-electron chi connectivity index (χ4n) is 5.46. The molecule has 0 radical (unpaired) electrons. The first-order chi connectivity index (χ1) is 22.8. The molecular formula is C34H39N9O4. The van der Waals surface area contributed by atoms with Gasteiger partial charge in [-0.25, -0.2) is 0 Å². The van der Waals surface area contributed by atoms with Crippen LogP contribution in [0.25, 0.3) is 0 Å². The molecule has 13 heteroatoms. The molecule has 1 aliphatic heterocycles. The van der Waals surface area contributed by atoms with Gasteiger partial charge in [-0.1, -0.05) is 92.2 Å². The van der Waals surface area contributed by atoms with Crippen LogP contribution in [0.1, 0.15) is 42.8 Å². The number of aromatic amines is 1. The molecule has 3 aromatic carbocycles. The quantitative estimate of drug-likeness (QED) is 0.140. The van der Waals surface area contributed by atoms with Gasteiger partial charge in [-0.3, -0.25) is 24.1 Å². The Labute approximate surface area is 272 Å². The smallest absolute Gasteiger partial charge is 0.247 e. The summed E-state index contributed by atoms with van der Waals surface area (Å²) in [4.78, 5) is 55.0. The fraction of sp³-hybridized carbons (Fsp3) is 0.324. The molecule has 4 amide bonds. The Kier molecular flexibility index (Phi) is 10.9. The van der Waals surface area contributed by atoms with E-state index in [-0.39, 0.29) is 37.8 Å². The molecule has 3 atom stereocenters. The second kappa shape index (κ2) is 15.6. The van der Waals surface area contributed by atoms with Gasteiger partial charge in [0.15, 0.2) is 5.82 Å². The van der Waals surface area contributed by atoms with Crippen molar-refractivity contribution in [3.05, 3.63) is 101 Å². The number of anilines is 2. The molecule has 5 rings (SSSR count).